The fourth-order valence-electron chi connectivity index (χ4n) is 3.61. The van der Waals surface area contributed by atoms with Crippen LogP contribution in [0.5, 0.6) is 11.5 Å². The molecule has 7 nitrogen and oxygen atoms in total. The predicted molar refractivity (Wildman–Crippen MR) is 138 cm³/mol. The number of halogens is 2. The molecule has 0 saturated carbocycles. The second-order valence-electron chi connectivity index (χ2n) is 7.34. The molecule has 2 aromatic rings. The summed E-state index contributed by atoms with van der Waals surface area (Å²) in [5.74, 6) is 2.10. The third kappa shape index (κ3) is 7.40. The number of rotatable bonds is 8. The number of ether oxygens (including phenoxy) is 2. The van der Waals surface area contributed by atoms with Crippen LogP contribution in [0.2, 0.25) is 0 Å². The van der Waals surface area contributed by atoms with Gasteiger partial charge in [0.15, 0.2) is 5.96 Å². The van der Waals surface area contributed by atoms with Crippen LogP contribution in [-0.4, -0.2) is 71.4 Å². The number of methoxy groups -OCH3 is 2. The summed E-state index contributed by atoms with van der Waals surface area (Å²) >= 11 is 0. The molecule has 1 fully saturated rings. The lowest BCUT2D eigenvalue weighted by atomic mass is 10.2. The van der Waals surface area contributed by atoms with Crippen LogP contribution in [0.15, 0.2) is 47.5 Å². The smallest absolute Gasteiger partial charge is 0.191 e. The number of nitrogens with zero attached hydrogens (tertiary/aromatic N) is 3. The first-order chi connectivity index (χ1) is 15.1. The standard InChI is InChI=1S/C23H32FN5O2.HI/c1-25-23(27-17-18-4-9-21(30-2)16-22(18)31-3)26-10-11-28-12-14-29(15-13-28)20-7-5-19(24)6-8-20;/h4-9,16H,10-15,17H2,1-3H3,(H2,25,26,27);1H. The Hall–Kier alpha value is -2.27. The SMILES string of the molecule is CN=C(NCCN1CCN(c2ccc(F)cc2)CC1)NCc1ccc(OC)cc1OC.I. The van der Waals surface area contributed by atoms with E-state index in [9.17, 15) is 4.39 Å². The molecule has 3 rings (SSSR count). The van der Waals surface area contributed by atoms with Gasteiger partial charge in [-0.2, -0.15) is 0 Å². The number of hydrogen-bond donors (Lipinski definition) is 2. The molecule has 0 bridgehead atoms. The molecule has 0 aliphatic carbocycles. The Bertz CT molecular complexity index is 858. The molecule has 2 aromatic carbocycles. The van der Waals surface area contributed by atoms with Crippen molar-refractivity contribution in [2.24, 2.45) is 4.99 Å². The summed E-state index contributed by atoms with van der Waals surface area (Å²) < 4.78 is 23.8. The lowest BCUT2D eigenvalue weighted by molar-refractivity contribution is 0.261. The van der Waals surface area contributed by atoms with E-state index in [1.165, 1.54) is 12.1 Å². The van der Waals surface area contributed by atoms with Gasteiger partial charge in [0.25, 0.3) is 0 Å². The fraction of sp³-hybridized carbons (Fsp3) is 0.435. The van der Waals surface area contributed by atoms with Gasteiger partial charge < -0.3 is 25.0 Å². The van der Waals surface area contributed by atoms with E-state index in [1.54, 1.807) is 21.3 Å². The van der Waals surface area contributed by atoms with Gasteiger partial charge in [-0.25, -0.2) is 4.39 Å². The summed E-state index contributed by atoms with van der Waals surface area (Å²) in [6.07, 6.45) is 0. The largest absolute Gasteiger partial charge is 0.497 e. The van der Waals surface area contributed by atoms with Gasteiger partial charge >= 0.3 is 0 Å². The number of aliphatic imine (C=N–C) groups is 1. The molecule has 2 N–H and O–H groups in total. The maximum atomic E-state index is 13.1. The summed E-state index contributed by atoms with van der Waals surface area (Å²) in [5.41, 5.74) is 2.11. The Balaban J connectivity index is 0.00000363. The molecule has 0 radical (unpaired) electrons. The summed E-state index contributed by atoms with van der Waals surface area (Å²) in [7, 11) is 5.06. The summed E-state index contributed by atoms with van der Waals surface area (Å²) in [6.45, 7) is 6.18. The zero-order valence-corrected chi connectivity index (χ0v) is 21.3. The van der Waals surface area contributed by atoms with E-state index >= 15 is 0 Å². The normalized spacial score (nSPS) is 14.5. The summed E-state index contributed by atoms with van der Waals surface area (Å²) in [4.78, 5) is 9.03. The van der Waals surface area contributed by atoms with E-state index in [-0.39, 0.29) is 29.8 Å². The molecule has 0 atom stereocenters. The highest BCUT2D eigenvalue weighted by molar-refractivity contribution is 14.0. The van der Waals surface area contributed by atoms with Crippen molar-refractivity contribution in [2.75, 3.05) is 65.4 Å². The van der Waals surface area contributed by atoms with Crippen molar-refractivity contribution in [1.82, 2.24) is 15.5 Å². The molecule has 1 heterocycles. The molecule has 1 aliphatic heterocycles. The van der Waals surface area contributed by atoms with Gasteiger partial charge in [0.05, 0.1) is 14.2 Å². The van der Waals surface area contributed by atoms with Crippen LogP contribution in [0.4, 0.5) is 10.1 Å². The lowest BCUT2D eigenvalue weighted by Gasteiger charge is -2.36. The van der Waals surface area contributed by atoms with Gasteiger partial charge in [-0.1, -0.05) is 0 Å². The Morgan fingerprint density at radius 1 is 1.00 bits per heavy atom. The van der Waals surface area contributed by atoms with Crippen molar-refractivity contribution in [3.8, 4) is 11.5 Å². The highest BCUT2D eigenvalue weighted by atomic mass is 127. The minimum Gasteiger partial charge on any atom is -0.497 e. The zero-order chi connectivity index (χ0) is 22.1. The quantitative estimate of drug-likeness (QED) is 0.296. The van der Waals surface area contributed by atoms with E-state index in [4.69, 9.17) is 9.47 Å². The van der Waals surface area contributed by atoms with Crippen molar-refractivity contribution in [3.05, 3.63) is 53.8 Å². The Kier molecular flexibility index (Phi) is 10.8. The van der Waals surface area contributed by atoms with Gasteiger partial charge in [-0.15, -0.1) is 24.0 Å². The van der Waals surface area contributed by atoms with Gasteiger partial charge in [-0.3, -0.25) is 9.89 Å². The van der Waals surface area contributed by atoms with E-state index < -0.39 is 0 Å². The third-order valence-corrected chi connectivity index (χ3v) is 5.45. The maximum absolute atomic E-state index is 13.1. The number of anilines is 1. The Labute approximate surface area is 207 Å². The van der Waals surface area contributed by atoms with Crippen molar-refractivity contribution in [1.29, 1.82) is 0 Å². The number of hydrogen-bond acceptors (Lipinski definition) is 5. The molecule has 9 heteroatoms. The van der Waals surface area contributed by atoms with Crippen molar-refractivity contribution in [2.45, 2.75) is 6.54 Å². The first-order valence-electron chi connectivity index (χ1n) is 10.5. The number of benzene rings is 2. The lowest BCUT2D eigenvalue weighted by Crippen LogP contribution is -2.49. The topological polar surface area (TPSA) is 61.4 Å². The summed E-state index contributed by atoms with van der Waals surface area (Å²) in [5, 5.41) is 6.70. The molecular formula is C23H33FIN5O2. The van der Waals surface area contributed by atoms with Crippen LogP contribution >= 0.6 is 24.0 Å². The van der Waals surface area contributed by atoms with E-state index in [2.05, 4.69) is 25.4 Å². The minimum atomic E-state index is -0.194. The first kappa shape index (κ1) is 26.0. The summed E-state index contributed by atoms with van der Waals surface area (Å²) in [6, 6.07) is 12.5. The predicted octanol–water partition coefficient (Wildman–Crippen LogP) is 2.95. The van der Waals surface area contributed by atoms with Crippen molar-refractivity contribution < 1.29 is 13.9 Å². The van der Waals surface area contributed by atoms with Crippen molar-refractivity contribution in [3.63, 3.8) is 0 Å². The number of nitrogens with one attached hydrogen (secondary N) is 2. The maximum Gasteiger partial charge on any atom is 0.191 e. The molecule has 0 unspecified atom stereocenters. The molecule has 1 aliphatic rings. The Morgan fingerprint density at radius 3 is 2.34 bits per heavy atom. The van der Waals surface area contributed by atoms with Gasteiger partial charge in [0.1, 0.15) is 17.3 Å². The highest BCUT2D eigenvalue weighted by Crippen LogP contribution is 2.24. The monoisotopic (exact) mass is 557 g/mol. The Morgan fingerprint density at radius 2 is 1.72 bits per heavy atom. The first-order valence-corrected chi connectivity index (χ1v) is 10.5. The minimum absolute atomic E-state index is 0. The van der Waals surface area contributed by atoms with Gasteiger partial charge in [0, 0.05) is 70.2 Å². The number of guanidine groups is 1. The van der Waals surface area contributed by atoms with Crippen molar-refractivity contribution >= 4 is 35.6 Å². The number of piperazine rings is 1. The molecule has 0 amide bonds. The van der Waals surface area contributed by atoms with Crippen LogP contribution in [-0.2, 0) is 6.54 Å². The van der Waals surface area contributed by atoms with Crippen LogP contribution in [0.25, 0.3) is 0 Å². The molecule has 32 heavy (non-hydrogen) atoms. The second-order valence-corrected chi connectivity index (χ2v) is 7.34. The second kappa shape index (κ2) is 13.3. The zero-order valence-electron chi connectivity index (χ0n) is 18.9. The molecule has 0 aromatic heterocycles. The average molecular weight is 557 g/mol. The van der Waals surface area contributed by atoms with E-state index in [0.29, 0.717) is 6.54 Å². The van der Waals surface area contributed by atoms with Gasteiger partial charge in [-0.05, 0) is 36.4 Å². The van der Waals surface area contributed by atoms with Gasteiger partial charge in [0.2, 0.25) is 0 Å². The molecule has 0 spiro atoms. The average Bonchev–Trinajstić information content (AvgIpc) is 2.82. The van der Waals surface area contributed by atoms with Crippen LogP contribution in [0.3, 0.4) is 0 Å². The van der Waals surface area contributed by atoms with E-state index in [0.717, 1.165) is 68.0 Å². The molecule has 176 valence electrons. The fourth-order valence-corrected chi connectivity index (χ4v) is 3.61. The van der Waals surface area contributed by atoms with Crippen LogP contribution < -0.4 is 25.0 Å². The highest BCUT2D eigenvalue weighted by Gasteiger charge is 2.17. The van der Waals surface area contributed by atoms with Crippen LogP contribution in [0, 0.1) is 5.82 Å². The molecule has 1 saturated heterocycles. The third-order valence-electron chi connectivity index (χ3n) is 5.45. The van der Waals surface area contributed by atoms with Crippen LogP contribution in [0.1, 0.15) is 5.56 Å². The molecular weight excluding hydrogens is 524 g/mol. The van der Waals surface area contributed by atoms with E-state index in [1.807, 2.05) is 30.3 Å².